The van der Waals surface area contributed by atoms with Crippen molar-refractivity contribution in [2.75, 3.05) is 23.7 Å². The highest BCUT2D eigenvalue weighted by molar-refractivity contribution is 7.92. The van der Waals surface area contributed by atoms with E-state index in [1.165, 1.54) is 23.1 Å². The van der Waals surface area contributed by atoms with E-state index in [4.69, 9.17) is 23.2 Å². The molecule has 13 heteroatoms. The number of nitrogens with one attached hydrogen (secondary N) is 1. The number of anilines is 1. The smallest absolute Gasteiger partial charge is 0.354 e. The first-order valence-electron chi connectivity index (χ1n) is 11.7. The van der Waals surface area contributed by atoms with E-state index in [0.717, 1.165) is 18.4 Å². The Labute approximate surface area is 230 Å². The average molecular weight is 596 g/mol. The molecular weight excluding hydrogens is 566 g/mol. The fourth-order valence-electron chi connectivity index (χ4n) is 3.63. The highest BCUT2D eigenvalue weighted by atomic mass is 35.5. The molecule has 0 fully saturated rings. The number of hydrogen-bond acceptors (Lipinski definition) is 4. The molecule has 0 heterocycles. The summed E-state index contributed by atoms with van der Waals surface area (Å²) in [5, 5.41) is 3.28. The maximum atomic E-state index is 13.6. The van der Waals surface area contributed by atoms with Crippen LogP contribution in [0.25, 0.3) is 0 Å². The Balaban J connectivity index is 2.50. The van der Waals surface area contributed by atoms with Crippen LogP contribution < -0.4 is 9.62 Å². The molecule has 0 bridgehead atoms. The summed E-state index contributed by atoms with van der Waals surface area (Å²) >= 11 is 12.1. The molecule has 210 valence electrons. The van der Waals surface area contributed by atoms with Gasteiger partial charge in [-0.15, -0.1) is 0 Å². The van der Waals surface area contributed by atoms with Crippen LogP contribution >= 0.6 is 23.2 Å². The van der Waals surface area contributed by atoms with Crippen molar-refractivity contribution in [3.05, 3.63) is 63.6 Å². The third-order valence-corrected chi connectivity index (χ3v) is 7.43. The van der Waals surface area contributed by atoms with Crippen molar-refractivity contribution in [3.8, 4) is 0 Å². The average Bonchev–Trinajstić information content (AvgIpc) is 2.81. The fraction of sp³-hybridized carbons (Fsp3) is 0.440. The number of alkyl halides is 3. The van der Waals surface area contributed by atoms with Gasteiger partial charge >= 0.3 is 6.18 Å². The molecule has 1 atom stereocenters. The van der Waals surface area contributed by atoms with Crippen LogP contribution in [0.2, 0.25) is 10.0 Å². The Bertz CT molecular complexity index is 1260. The lowest BCUT2D eigenvalue weighted by Gasteiger charge is -2.33. The normalized spacial score (nSPS) is 12.8. The molecule has 2 aromatic rings. The van der Waals surface area contributed by atoms with Crippen LogP contribution in [0.3, 0.4) is 0 Å². The van der Waals surface area contributed by atoms with Gasteiger partial charge in [0.1, 0.15) is 12.6 Å². The molecular formula is C25H30Cl2F3N3O4S. The molecule has 38 heavy (non-hydrogen) atoms. The quantitative estimate of drug-likeness (QED) is 0.379. The number of halogens is 5. The molecule has 2 amide bonds. The van der Waals surface area contributed by atoms with Gasteiger partial charge in [0, 0.05) is 13.1 Å². The maximum absolute atomic E-state index is 13.6. The van der Waals surface area contributed by atoms with Gasteiger partial charge in [-0.25, -0.2) is 8.42 Å². The second-order valence-corrected chi connectivity index (χ2v) is 11.9. The second-order valence-electron chi connectivity index (χ2n) is 9.15. The summed E-state index contributed by atoms with van der Waals surface area (Å²) in [5.41, 5.74) is -0.876. The summed E-state index contributed by atoms with van der Waals surface area (Å²) in [4.78, 5) is 27.8. The Kier molecular flexibility index (Phi) is 10.9. The van der Waals surface area contributed by atoms with E-state index < -0.39 is 46.2 Å². The van der Waals surface area contributed by atoms with Gasteiger partial charge in [0.05, 0.1) is 27.6 Å². The molecule has 0 aliphatic rings. The molecule has 0 aromatic heterocycles. The molecule has 1 N–H and O–H groups in total. The largest absolute Gasteiger partial charge is 0.416 e. The topological polar surface area (TPSA) is 86.8 Å². The Morgan fingerprint density at radius 2 is 1.71 bits per heavy atom. The van der Waals surface area contributed by atoms with E-state index in [1.807, 2.05) is 13.8 Å². The highest BCUT2D eigenvalue weighted by Gasteiger charge is 2.34. The van der Waals surface area contributed by atoms with Gasteiger partial charge < -0.3 is 10.2 Å². The molecule has 2 rings (SSSR count). The van der Waals surface area contributed by atoms with Crippen LogP contribution in [0.5, 0.6) is 0 Å². The molecule has 0 aliphatic heterocycles. The summed E-state index contributed by atoms with van der Waals surface area (Å²) in [6, 6.07) is 7.34. The first-order chi connectivity index (χ1) is 17.5. The van der Waals surface area contributed by atoms with E-state index >= 15 is 0 Å². The van der Waals surface area contributed by atoms with Crippen molar-refractivity contribution in [1.29, 1.82) is 0 Å². The highest BCUT2D eigenvalue weighted by Crippen LogP contribution is 2.32. The van der Waals surface area contributed by atoms with Crippen LogP contribution in [0.4, 0.5) is 18.9 Å². The number of benzene rings is 2. The third kappa shape index (κ3) is 8.78. The zero-order valence-electron chi connectivity index (χ0n) is 21.4. The van der Waals surface area contributed by atoms with Gasteiger partial charge in [-0.2, -0.15) is 13.2 Å². The van der Waals surface area contributed by atoms with Crippen molar-refractivity contribution in [3.63, 3.8) is 0 Å². The predicted molar refractivity (Wildman–Crippen MR) is 143 cm³/mol. The Morgan fingerprint density at radius 3 is 2.24 bits per heavy atom. The van der Waals surface area contributed by atoms with Crippen LogP contribution in [0.15, 0.2) is 42.5 Å². The van der Waals surface area contributed by atoms with Gasteiger partial charge in [0.25, 0.3) is 0 Å². The number of carbonyl (C=O) groups is 2. The summed E-state index contributed by atoms with van der Waals surface area (Å²) in [7, 11) is -4.19. The van der Waals surface area contributed by atoms with Gasteiger partial charge in [-0.05, 0) is 48.2 Å². The number of nitrogens with zero attached hydrogens (tertiary/aromatic N) is 2. The Morgan fingerprint density at radius 1 is 1.05 bits per heavy atom. The van der Waals surface area contributed by atoms with E-state index in [-0.39, 0.29) is 34.6 Å². The number of rotatable bonds is 11. The first kappa shape index (κ1) is 31.7. The van der Waals surface area contributed by atoms with E-state index in [9.17, 15) is 31.2 Å². The lowest BCUT2D eigenvalue weighted by molar-refractivity contribution is -0.140. The third-order valence-electron chi connectivity index (χ3n) is 5.55. The molecule has 0 radical (unpaired) electrons. The van der Waals surface area contributed by atoms with Crippen LogP contribution in [0, 0.1) is 5.92 Å². The maximum Gasteiger partial charge on any atom is 0.416 e. The van der Waals surface area contributed by atoms with Crippen LogP contribution in [-0.4, -0.2) is 50.5 Å². The van der Waals surface area contributed by atoms with Crippen molar-refractivity contribution in [2.24, 2.45) is 5.92 Å². The molecule has 0 unspecified atom stereocenters. The molecule has 7 nitrogen and oxygen atoms in total. The number of sulfonamides is 1. The van der Waals surface area contributed by atoms with Crippen molar-refractivity contribution < 1.29 is 31.2 Å². The van der Waals surface area contributed by atoms with E-state index in [1.54, 1.807) is 13.0 Å². The van der Waals surface area contributed by atoms with Crippen LogP contribution in [0.1, 0.15) is 38.3 Å². The molecule has 0 saturated heterocycles. The standard InChI is InChI=1S/C25H30Cl2F3N3O4S/c1-5-22(24(35)31-13-16(2)3)32(14-17-9-10-20(26)21(27)11-17)23(34)15-33(38(4,36)37)19-8-6-7-18(12-19)25(28,29)30/h6-12,16,22H,5,13-15H2,1-4H3,(H,31,35)/t22-/m0/s1. The minimum absolute atomic E-state index is 0.122. The van der Waals surface area contributed by atoms with Gasteiger partial charge in [-0.3, -0.25) is 13.9 Å². The number of hydrogen-bond donors (Lipinski definition) is 1. The summed E-state index contributed by atoms with van der Waals surface area (Å²) in [6.07, 6.45) is -3.74. The summed E-state index contributed by atoms with van der Waals surface area (Å²) in [6.45, 7) is 4.90. The van der Waals surface area contributed by atoms with E-state index in [0.29, 0.717) is 22.5 Å². The number of amides is 2. The lowest BCUT2D eigenvalue weighted by Crippen LogP contribution is -2.52. The molecule has 0 saturated carbocycles. The van der Waals surface area contributed by atoms with Gasteiger partial charge in [0.2, 0.25) is 21.8 Å². The van der Waals surface area contributed by atoms with Crippen molar-refractivity contribution in [2.45, 2.75) is 46.0 Å². The molecule has 0 aliphatic carbocycles. The second kappa shape index (κ2) is 13.0. The molecule has 0 spiro atoms. The zero-order chi connectivity index (χ0) is 28.8. The minimum Gasteiger partial charge on any atom is -0.354 e. The van der Waals surface area contributed by atoms with Crippen LogP contribution in [-0.2, 0) is 32.3 Å². The lowest BCUT2D eigenvalue weighted by atomic mass is 10.1. The van der Waals surface area contributed by atoms with Gasteiger partial charge in [-0.1, -0.05) is 56.1 Å². The minimum atomic E-state index is -4.72. The van der Waals surface area contributed by atoms with Crippen molar-refractivity contribution >= 4 is 50.7 Å². The predicted octanol–water partition coefficient (Wildman–Crippen LogP) is 5.36. The SMILES string of the molecule is CC[C@@H](C(=O)NCC(C)C)N(Cc1ccc(Cl)c(Cl)c1)C(=O)CN(c1cccc(C(F)(F)F)c1)S(C)(=O)=O. The summed E-state index contributed by atoms with van der Waals surface area (Å²) in [5.74, 6) is -1.10. The number of carbonyl (C=O) groups excluding carboxylic acids is 2. The fourth-order valence-corrected chi connectivity index (χ4v) is 4.79. The van der Waals surface area contributed by atoms with Gasteiger partial charge in [0.15, 0.2) is 0 Å². The first-order valence-corrected chi connectivity index (χ1v) is 14.3. The summed E-state index contributed by atoms with van der Waals surface area (Å²) < 4.78 is 65.6. The monoisotopic (exact) mass is 595 g/mol. The zero-order valence-corrected chi connectivity index (χ0v) is 23.7. The van der Waals surface area contributed by atoms with Crippen molar-refractivity contribution in [1.82, 2.24) is 10.2 Å². The van der Waals surface area contributed by atoms with E-state index in [2.05, 4.69) is 5.32 Å². The Hall–Kier alpha value is -2.50. The molecule has 2 aromatic carbocycles.